The Balaban J connectivity index is 1.84. The minimum absolute atomic E-state index is 0.0204. The second kappa shape index (κ2) is 10.6. The molecule has 0 fully saturated rings. The molecule has 0 aliphatic rings. The van der Waals surface area contributed by atoms with Gasteiger partial charge >= 0.3 is 0 Å². The molecular formula is C19H28N6OS. The lowest BCUT2D eigenvalue weighted by molar-refractivity contribution is -0.128. The number of nitrogens with zero attached hydrogens (tertiary/aromatic N) is 4. The van der Waals surface area contributed by atoms with Gasteiger partial charge in [0.15, 0.2) is 5.96 Å². The van der Waals surface area contributed by atoms with Crippen molar-refractivity contribution in [3.05, 3.63) is 45.7 Å². The highest BCUT2D eigenvalue weighted by Crippen LogP contribution is 2.16. The first-order valence-electron chi connectivity index (χ1n) is 9.08. The number of nitrogens with one attached hydrogen (secondary N) is 2. The number of guanidine groups is 1. The van der Waals surface area contributed by atoms with Gasteiger partial charge in [-0.25, -0.2) is 9.98 Å². The predicted octanol–water partition coefficient (Wildman–Crippen LogP) is 1.91. The van der Waals surface area contributed by atoms with Crippen LogP contribution in [0, 0.1) is 13.8 Å². The third-order valence-electron chi connectivity index (χ3n) is 3.99. The van der Waals surface area contributed by atoms with Gasteiger partial charge in [0.05, 0.1) is 17.2 Å². The molecule has 2 rings (SSSR count). The molecule has 0 radical (unpaired) electrons. The van der Waals surface area contributed by atoms with E-state index in [4.69, 9.17) is 0 Å². The summed E-state index contributed by atoms with van der Waals surface area (Å²) in [4.78, 5) is 28.3. The average molecular weight is 389 g/mol. The van der Waals surface area contributed by atoms with Crippen molar-refractivity contribution in [2.45, 2.75) is 33.7 Å². The van der Waals surface area contributed by atoms with E-state index in [1.165, 1.54) is 4.88 Å². The summed E-state index contributed by atoms with van der Waals surface area (Å²) in [6.07, 6.45) is 2.50. The number of hydrogen-bond donors (Lipinski definition) is 2. The van der Waals surface area contributed by atoms with Crippen molar-refractivity contribution in [1.29, 1.82) is 0 Å². The van der Waals surface area contributed by atoms with Crippen molar-refractivity contribution >= 4 is 23.2 Å². The normalized spacial score (nSPS) is 11.3. The number of likely N-dealkylation sites (N-methyl/N-ethyl adjacent to an activating group) is 1. The topological polar surface area (TPSA) is 82.5 Å². The van der Waals surface area contributed by atoms with Crippen molar-refractivity contribution in [2.75, 3.05) is 26.7 Å². The second-order valence-corrected chi connectivity index (χ2v) is 7.46. The quantitative estimate of drug-likeness (QED) is 0.533. The molecule has 8 heteroatoms. The first-order chi connectivity index (χ1) is 13.0. The molecule has 2 aromatic heterocycles. The average Bonchev–Trinajstić information content (AvgIpc) is 2.99. The lowest BCUT2D eigenvalue weighted by Crippen LogP contribution is -2.38. The van der Waals surface area contributed by atoms with Gasteiger partial charge in [0.1, 0.15) is 6.54 Å². The Bertz CT molecular complexity index is 759. The lowest BCUT2D eigenvalue weighted by atomic mass is 10.2. The maximum atomic E-state index is 12.3. The van der Waals surface area contributed by atoms with Gasteiger partial charge in [-0.3, -0.25) is 9.78 Å². The Kier molecular flexibility index (Phi) is 8.19. The molecule has 0 aromatic carbocycles. The number of aliphatic imine (C=N–C) groups is 1. The van der Waals surface area contributed by atoms with Crippen molar-refractivity contribution in [3.8, 4) is 0 Å². The second-order valence-electron chi connectivity index (χ2n) is 6.18. The molecule has 0 atom stereocenters. The van der Waals surface area contributed by atoms with Crippen LogP contribution in [0.2, 0.25) is 0 Å². The van der Waals surface area contributed by atoms with Crippen molar-refractivity contribution in [3.63, 3.8) is 0 Å². The third kappa shape index (κ3) is 6.97. The molecule has 2 aromatic rings. The van der Waals surface area contributed by atoms with Gasteiger partial charge in [-0.2, -0.15) is 0 Å². The molecule has 2 heterocycles. The van der Waals surface area contributed by atoms with Crippen LogP contribution in [-0.4, -0.2) is 53.4 Å². The van der Waals surface area contributed by atoms with E-state index in [1.54, 1.807) is 29.5 Å². The number of aromatic nitrogens is 2. The summed E-state index contributed by atoms with van der Waals surface area (Å²) in [5, 5.41) is 7.50. The number of hydrogen-bond acceptors (Lipinski definition) is 5. The molecule has 0 bridgehead atoms. The van der Waals surface area contributed by atoms with Crippen LogP contribution < -0.4 is 10.6 Å². The summed E-state index contributed by atoms with van der Waals surface area (Å²) in [7, 11) is 1.80. The van der Waals surface area contributed by atoms with Gasteiger partial charge in [-0.1, -0.05) is 6.07 Å². The molecule has 2 N–H and O–H groups in total. The number of carbonyl (C=O) groups excluding carboxylic acids is 1. The van der Waals surface area contributed by atoms with Gasteiger partial charge in [0.2, 0.25) is 5.91 Å². The predicted molar refractivity (Wildman–Crippen MR) is 110 cm³/mol. The van der Waals surface area contributed by atoms with Crippen LogP contribution >= 0.6 is 11.3 Å². The number of amides is 1. The number of thiazole rings is 1. The molecule has 27 heavy (non-hydrogen) atoms. The van der Waals surface area contributed by atoms with Crippen LogP contribution in [0.15, 0.2) is 29.4 Å². The number of pyridine rings is 1. The zero-order valence-corrected chi connectivity index (χ0v) is 17.3. The Morgan fingerprint density at radius 1 is 1.30 bits per heavy atom. The van der Waals surface area contributed by atoms with Crippen LogP contribution in [-0.2, 0) is 17.8 Å². The summed E-state index contributed by atoms with van der Waals surface area (Å²) in [6, 6.07) is 5.80. The minimum Gasteiger partial charge on any atom is -0.357 e. The molecular weight excluding hydrogens is 360 g/mol. The van der Waals surface area contributed by atoms with Gasteiger partial charge < -0.3 is 15.5 Å². The van der Waals surface area contributed by atoms with E-state index < -0.39 is 0 Å². The van der Waals surface area contributed by atoms with Crippen LogP contribution in [0.5, 0.6) is 0 Å². The van der Waals surface area contributed by atoms with Crippen LogP contribution in [0.1, 0.15) is 28.2 Å². The minimum atomic E-state index is -0.0204. The summed E-state index contributed by atoms with van der Waals surface area (Å²) in [6.45, 7) is 8.11. The monoisotopic (exact) mass is 388 g/mol. The molecule has 0 spiro atoms. The van der Waals surface area contributed by atoms with Gasteiger partial charge in [0, 0.05) is 43.3 Å². The van der Waals surface area contributed by atoms with Crippen LogP contribution in [0.3, 0.4) is 0 Å². The zero-order chi connectivity index (χ0) is 19.6. The number of rotatable bonds is 8. The molecule has 0 unspecified atom stereocenters. The van der Waals surface area contributed by atoms with Gasteiger partial charge in [-0.05, 0) is 32.9 Å². The maximum absolute atomic E-state index is 12.3. The van der Waals surface area contributed by atoms with Gasteiger partial charge in [0.25, 0.3) is 0 Å². The fraction of sp³-hybridized carbons (Fsp3) is 0.474. The first kappa shape index (κ1) is 20.8. The Morgan fingerprint density at radius 3 is 2.74 bits per heavy atom. The standard InChI is InChI=1S/C19H28N6OS/c1-5-20-19(22-12-17-14(2)24-15(3)27-17)23-13-18(26)25(4)11-9-16-8-6-7-10-21-16/h6-8,10H,5,9,11-13H2,1-4H3,(H2,20,22,23). The van der Waals surface area contributed by atoms with Gasteiger partial charge in [-0.15, -0.1) is 11.3 Å². The Hall–Kier alpha value is -2.48. The van der Waals surface area contributed by atoms with Crippen molar-refractivity contribution in [1.82, 2.24) is 25.5 Å². The Morgan fingerprint density at radius 2 is 2.11 bits per heavy atom. The molecule has 0 aliphatic heterocycles. The smallest absolute Gasteiger partial charge is 0.244 e. The molecule has 0 saturated heterocycles. The van der Waals surface area contributed by atoms with E-state index >= 15 is 0 Å². The van der Waals surface area contributed by atoms with E-state index in [-0.39, 0.29) is 12.5 Å². The van der Waals surface area contributed by atoms with E-state index in [0.717, 1.165) is 29.4 Å². The van der Waals surface area contributed by atoms with Crippen LogP contribution in [0.25, 0.3) is 0 Å². The van der Waals surface area contributed by atoms with E-state index in [9.17, 15) is 4.79 Å². The molecule has 0 aliphatic carbocycles. The van der Waals surface area contributed by atoms with Crippen LogP contribution in [0.4, 0.5) is 0 Å². The largest absolute Gasteiger partial charge is 0.357 e. The van der Waals surface area contributed by atoms with E-state index in [1.807, 2.05) is 39.0 Å². The summed E-state index contributed by atoms with van der Waals surface area (Å²) in [5.41, 5.74) is 2.01. The molecule has 146 valence electrons. The molecule has 7 nitrogen and oxygen atoms in total. The summed E-state index contributed by atoms with van der Waals surface area (Å²) in [5.74, 6) is 0.613. The number of aryl methyl sites for hydroxylation is 2. The molecule has 1 amide bonds. The zero-order valence-electron chi connectivity index (χ0n) is 16.5. The highest BCUT2D eigenvalue weighted by Gasteiger charge is 2.10. The lowest BCUT2D eigenvalue weighted by Gasteiger charge is -2.16. The van der Waals surface area contributed by atoms with E-state index in [2.05, 4.69) is 25.6 Å². The first-order valence-corrected chi connectivity index (χ1v) is 9.90. The summed E-state index contributed by atoms with van der Waals surface area (Å²) < 4.78 is 0. The SMILES string of the molecule is CCNC(=NCC(=O)N(C)CCc1ccccn1)NCc1sc(C)nc1C. The highest BCUT2D eigenvalue weighted by molar-refractivity contribution is 7.11. The highest BCUT2D eigenvalue weighted by atomic mass is 32.1. The fourth-order valence-corrected chi connectivity index (χ4v) is 3.34. The fourth-order valence-electron chi connectivity index (χ4n) is 2.46. The van der Waals surface area contributed by atoms with E-state index in [0.29, 0.717) is 19.0 Å². The molecule has 0 saturated carbocycles. The Labute approximate surface area is 164 Å². The summed E-state index contributed by atoms with van der Waals surface area (Å²) >= 11 is 1.67. The van der Waals surface area contributed by atoms with Crippen molar-refractivity contribution in [2.24, 2.45) is 4.99 Å². The maximum Gasteiger partial charge on any atom is 0.244 e. The third-order valence-corrected chi connectivity index (χ3v) is 5.06. The van der Waals surface area contributed by atoms with Crippen molar-refractivity contribution < 1.29 is 4.79 Å². The number of carbonyl (C=O) groups is 1.